The monoisotopic (exact) mass is 286 g/mol. The molecule has 0 saturated carbocycles. The van der Waals surface area contributed by atoms with E-state index >= 15 is 0 Å². The highest BCUT2D eigenvalue weighted by Gasteiger charge is 2.18. The molecule has 0 aliphatic rings. The molecule has 20 heavy (non-hydrogen) atoms. The predicted octanol–water partition coefficient (Wildman–Crippen LogP) is 3.38. The summed E-state index contributed by atoms with van der Waals surface area (Å²) in [7, 11) is 1.35. The number of anilines is 1. The second kappa shape index (κ2) is 4.76. The number of nitrogens with two attached hydrogens (primary N) is 1. The number of aromatic nitrogens is 1. The second-order valence-corrected chi connectivity index (χ2v) is 5.56. The van der Waals surface area contributed by atoms with Crippen molar-refractivity contribution in [2.75, 3.05) is 12.8 Å². The smallest absolute Gasteiger partial charge is 0.350 e. The van der Waals surface area contributed by atoms with Crippen LogP contribution in [0.3, 0.4) is 0 Å². The molecular weight excluding hydrogens is 272 g/mol. The Morgan fingerprint density at radius 3 is 2.90 bits per heavy atom. The van der Waals surface area contributed by atoms with E-state index in [0.717, 1.165) is 27.5 Å². The Hall–Kier alpha value is -2.14. The predicted molar refractivity (Wildman–Crippen MR) is 82.3 cm³/mol. The van der Waals surface area contributed by atoms with Crippen LogP contribution in [0.25, 0.3) is 21.1 Å². The van der Waals surface area contributed by atoms with Gasteiger partial charge in [-0.2, -0.15) is 0 Å². The van der Waals surface area contributed by atoms with Gasteiger partial charge >= 0.3 is 5.97 Å². The molecule has 2 heterocycles. The molecule has 3 aromatic rings. The highest BCUT2D eigenvalue weighted by Crippen LogP contribution is 2.35. The Bertz CT molecular complexity index is 823. The van der Waals surface area contributed by atoms with Gasteiger partial charge in [0, 0.05) is 10.8 Å². The lowest BCUT2D eigenvalue weighted by Gasteiger charge is -2.01. The number of rotatable bonds is 2. The minimum atomic E-state index is -0.413. The van der Waals surface area contributed by atoms with Crippen LogP contribution in [0, 0.1) is 0 Å². The minimum Gasteiger partial charge on any atom is -0.465 e. The van der Waals surface area contributed by atoms with E-state index in [4.69, 9.17) is 10.5 Å². The number of methoxy groups -OCH3 is 1. The summed E-state index contributed by atoms with van der Waals surface area (Å²) in [4.78, 5) is 17.4. The zero-order valence-electron chi connectivity index (χ0n) is 11.3. The lowest BCUT2D eigenvalue weighted by Crippen LogP contribution is -2.01. The third-order valence-electron chi connectivity index (χ3n) is 3.36. The second-order valence-electron chi connectivity index (χ2n) is 4.56. The van der Waals surface area contributed by atoms with Crippen molar-refractivity contribution in [1.29, 1.82) is 0 Å². The number of hydrogen-bond donors (Lipinski definition) is 1. The molecule has 2 N–H and O–H groups in total. The van der Waals surface area contributed by atoms with Crippen molar-refractivity contribution in [3.8, 4) is 0 Å². The first kappa shape index (κ1) is 12.9. The van der Waals surface area contributed by atoms with Crippen molar-refractivity contribution < 1.29 is 9.53 Å². The van der Waals surface area contributed by atoms with E-state index in [-0.39, 0.29) is 0 Å². The third-order valence-corrected chi connectivity index (χ3v) is 4.45. The minimum absolute atomic E-state index is 0.413. The van der Waals surface area contributed by atoms with Crippen molar-refractivity contribution >= 4 is 44.1 Å². The first-order valence-corrected chi connectivity index (χ1v) is 7.15. The zero-order chi connectivity index (χ0) is 14.3. The lowest BCUT2D eigenvalue weighted by atomic mass is 10.1. The number of esters is 1. The van der Waals surface area contributed by atoms with Gasteiger partial charge in [0.15, 0.2) is 0 Å². The van der Waals surface area contributed by atoms with Crippen molar-refractivity contribution in [3.05, 3.63) is 34.7 Å². The van der Waals surface area contributed by atoms with E-state index in [1.165, 1.54) is 24.0 Å². The largest absolute Gasteiger partial charge is 0.465 e. The summed E-state index contributed by atoms with van der Waals surface area (Å²) in [6.07, 6.45) is 0.973. The van der Waals surface area contributed by atoms with Gasteiger partial charge in [-0.15, -0.1) is 11.3 Å². The number of nitrogen functional groups attached to an aromatic ring is 1. The van der Waals surface area contributed by atoms with E-state index in [0.29, 0.717) is 10.6 Å². The summed E-state index contributed by atoms with van der Waals surface area (Å²) in [5.41, 5.74) is 8.66. The van der Waals surface area contributed by atoms with Crippen LogP contribution in [0.15, 0.2) is 24.3 Å². The van der Waals surface area contributed by atoms with Crippen LogP contribution >= 0.6 is 11.3 Å². The van der Waals surface area contributed by atoms with Crippen LogP contribution in [0.2, 0.25) is 0 Å². The number of benzene rings is 1. The van der Waals surface area contributed by atoms with Gasteiger partial charge in [-0.25, -0.2) is 9.78 Å². The molecule has 0 radical (unpaired) electrons. The van der Waals surface area contributed by atoms with Crippen molar-refractivity contribution in [2.45, 2.75) is 13.3 Å². The molecule has 0 amide bonds. The first-order valence-electron chi connectivity index (χ1n) is 6.34. The van der Waals surface area contributed by atoms with Crippen molar-refractivity contribution in [3.63, 3.8) is 0 Å². The van der Waals surface area contributed by atoms with Gasteiger partial charge in [-0.3, -0.25) is 0 Å². The number of carbonyl (C=O) groups excluding carboxylic acids is 1. The highest BCUT2D eigenvalue weighted by molar-refractivity contribution is 7.21. The maximum Gasteiger partial charge on any atom is 0.350 e. The molecule has 5 heteroatoms. The van der Waals surface area contributed by atoms with Gasteiger partial charge in [0.05, 0.1) is 18.3 Å². The average molecular weight is 286 g/mol. The Balaban J connectivity index is 2.29. The molecule has 2 aromatic heterocycles. The molecule has 1 aromatic carbocycles. The number of ether oxygens (including phenoxy) is 1. The summed E-state index contributed by atoms with van der Waals surface area (Å²) in [6, 6.07) is 8.17. The molecule has 0 saturated heterocycles. The molecule has 0 atom stereocenters. The van der Waals surface area contributed by atoms with E-state index in [2.05, 4.69) is 24.0 Å². The molecule has 3 rings (SSSR count). The maximum atomic E-state index is 11.7. The third kappa shape index (κ3) is 1.91. The van der Waals surface area contributed by atoms with E-state index in [1.54, 1.807) is 0 Å². The number of hydrogen-bond acceptors (Lipinski definition) is 5. The molecule has 0 aliphatic carbocycles. The van der Waals surface area contributed by atoms with E-state index < -0.39 is 5.97 Å². The van der Waals surface area contributed by atoms with Crippen LogP contribution in [0.1, 0.15) is 22.2 Å². The molecule has 0 spiro atoms. The molecule has 4 nitrogen and oxygen atoms in total. The Kier molecular flexibility index (Phi) is 3.06. The van der Waals surface area contributed by atoms with E-state index in [1.807, 2.05) is 12.1 Å². The van der Waals surface area contributed by atoms with Crippen molar-refractivity contribution in [2.24, 2.45) is 0 Å². The lowest BCUT2D eigenvalue weighted by molar-refractivity contribution is 0.0607. The number of fused-ring (bicyclic) bond motifs is 2. The topological polar surface area (TPSA) is 65.2 Å². The normalized spacial score (nSPS) is 11.1. The van der Waals surface area contributed by atoms with Gasteiger partial charge in [-0.05, 0) is 30.2 Å². The molecule has 0 fully saturated rings. The number of carbonyl (C=O) groups is 1. The molecule has 0 unspecified atom stereocenters. The zero-order valence-corrected chi connectivity index (χ0v) is 12.1. The Morgan fingerprint density at radius 2 is 2.20 bits per heavy atom. The first-order chi connectivity index (χ1) is 9.63. The van der Waals surface area contributed by atoms with Gasteiger partial charge in [-0.1, -0.05) is 13.0 Å². The SMILES string of the molecule is CCc1ccc2nc3sc(C(=O)OC)c(N)c3cc2c1. The van der Waals surface area contributed by atoms with Crippen LogP contribution in [-0.2, 0) is 11.2 Å². The standard InChI is InChI=1S/C15H14N2O2S/c1-3-8-4-5-11-9(6-8)7-10-12(16)13(15(18)19-2)20-14(10)17-11/h4-7H,3,16H2,1-2H3. The summed E-state index contributed by atoms with van der Waals surface area (Å²) < 4.78 is 4.74. The van der Waals surface area contributed by atoms with Gasteiger partial charge < -0.3 is 10.5 Å². The van der Waals surface area contributed by atoms with Crippen LogP contribution in [-0.4, -0.2) is 18.1 Å². The number of pyridine rings is 1. The van der Waals surface area contributed by atoms with Gasteiger partial charge in [0.2, 0.25) is 0 Å². The Morgan fingerprint density at radius 1 is 1.40 bits per heavy atom. The van der Waals surface area contributed by atoms with Crippen LogP contribution < -0.4 is 5.73 Å². The quantitative estimate of drug-likeness (QED) is 0.733. The summed E-state index contributed by atoms with van der Waals surface area (Å²) in [6.45, 7) is 2.11. The molecular formula is C15H14N2O2S. The van der Waals surface area contributed by atoms with Crippen LogP contribution in [0.4, 0.5) is 5.69 Å². The Labute approximate surface area is 120 Å². The highest BCUT2D eigenvalue weighted by atomic mass is 32.1. The molecule has 0 aliphatic heterocycles. The summed E-state index contributed by atoms with van der Waals surface area (Å²) in [5.74, 6) is -0.413. The summed E-state index contributed by atoms with van der Waals surface area (Å²) in [5, 5.41) is 1.86. The maximum absolute atomic E-state index is 11.7. The fourth-order valence-electron chi connectivity index (χ4n) is 2.22. The number of nitrogens with zero attached hydrogens (tertiary/aromatic N) is 1. The number of thiophene rings is 1. The van der Waals surface area contributed by atoms with Gasteiger partial charge in [0.25, 0.3) is 0 Å². The van der Waals surface area contributed by atoms with Crippen LogP contribution in [0.5, 0.6) is 0 Å². The number of aryl methyl sites for hydroxylation is 1. The fourth-order valence-corrected chi connectivity index (χ4v) is 3.22. The molecule has 0 bridgehead atoms. The molecule has 102 valence electrons. The summed E-state index contributed by atoms with van der Waals surface area (Å²) >= 11 is 1.27. The van der Waals surface area contributed by atoms with E-state index in [9.17, 15) is 4.79 Å². The fraction of sp³-hybridized carbons (Fsp3) is 0.200. The van der Waals surface area contributed by atoms with Gasteiger partial charge in [0.1, 0.15) is 9.71 Å². The van der Waals surface area contributed by atoms with Crippen molar-refractivity contribution in [1.82, 2.24) is 4.98 Å². The average Bonchev–Trinajstić information content (AvgIpc) is 2.80.